The molecule has 0 aliphatic carbocycles. The fourth-order valence-corrected chi connectivity index (χ4v) is 5.03. The molecule has 1 aliphatic heterocycles. The highest BCUT2D eigenvalue weighted by atomic mass is 32.2. The Morgan fingerprint density at radius 1 is 1.09 bits per heavy atom. The van der Waals surface area contributed by atoms with Crippen LogP contribution in [-0.4, -0.2) is 49.1 Å². The van der Waals surface area contributed by atoms with Crippen LogP contribution in [0, 0.1) is 13.8 Å². The quantitative estimate of drug-likeness (QED) is 0.852. The molecule has 1 aromatic heterocycles. The third-order valence-corrected chi connectivity index (χ3v) is 6.76. The summed E-state index contributed by atoms with van der Waals surface area (Å²) in [5.41, 5.74) is 2.35. The molecule has 0 saturated carbocycles. The number of anilines is 1. The summed E-state index contributed by atoms with van der Waals surface area (Å²) in [5, 5.41) is 8.24. The topological polar surface area (TPSA) is 66.4 Å². The lowest BCUT2D eigenvalue weighted by Crippen LogP contribution is -2.48. The molecular formula is C14H18N4O2S2. The molecule has 0 spiro atoms. The van der Waals surface area contributed by atoms with Crippen molar-refractivity contribution in [2.24, 2.45) is 0 Å². The van der Waals surface area contributed by atoms with E-state index in [1.165, 1.54) is 9.87 Å². The zero-order chi connectivity index (χ0) is 15.7. The minimum absolute atomic E-state index is 0.0917. The molecule has 1 aromatic carbocycles. The summed E-state index contributed by atoms with van der Waals surface area (Å²) < 4.78 is 26.6. The van der Waals surface area contributed by atoms with Gasteiger partial charge >= 0.3 is 0 Å². The van der Waals surface area contributed by atoms with Gasteiger partial charge in [0, 0.05) is 31.9 Å². The Balaban J connectivity index is 1.72. The lowest BCUT2D eigenvalue weighted by atomic mass is 10.2. The molecule has 0 amide bonds. The third-order valence-electron chi connectivity index (χ3n) is 3.67. The summed E-state index contributed by atoms with van der Waals surface area (Å²) in [6.45, 7) is 6.11. The average Bonchev–Trinajstić information content (AvgIpc) is 2.95. The molecule has 1 aliphatic rings. The molecule has 2 heterocycles. The van der Waals surface area contributed by atoms with Gasteiger partial charge in [0.1, 0.15) is 5.01 Å². The molecule has 6 nitrogen and oxygen atoms in total. The smallest absolute Gasteiger partial charge is 0.272 e. The number of hydrogen-bond acceptors (Lipinski definition) is 6. The van der Waals surface area contributed by atoms with Crippen molar-refractivity contribution in [1.29, 1.82) is 0 Å². The van der Waals surface area contributed by atoms with Gasteiger partial charge in [0.25, 0.3) is 10.0 Å². The Hall–Kier alpha value is -1.51. The number of piperazine rings is 1. The maximum Gasteiger partial charge on any atom is 0.272 e. The normalized spacial score (nSPS) is 16.9. The number of benzene rings is 1. The van der Waals surface area contributed by atoms with Gasteiger partial charge in [-0.1, -0.05) is 23.5 Å². The van der Waals surface area contributed by atoms with Crippen LogP contribution in [0.2, 0.25) is 0 Å². The van der Waals surface area contributed by atoms with Gasteiger partial charge in [-0.3, -0.25) is 0 Å². The lowest BCUT2D eigenvalue weighted by Gasteiger charge is -2.34. The Bertz CT molecular complexity index is 765. The second-order valence-electron chi connectivity index (χ2n) is 5.32. The number of rotatable bonds is 3. The van der Waals surface area contributed by atoms with E-state index in [1.807, 2.05) is 6.07 Å². The first kappa shape index (κ1) is 15.4. The minimum atomic E-state index is -3.50. The highest BCUT2D eigenvalue weighted by Gasteiger charge is 2.31. The summed E-state index contributed by atoms with van der Waals surface area (Å²) >= 11 is 1.12. The fourth-order valence-electron chi connectivity index (χ4n) is 2.50. The molecule has 0 bridgehead atoms. The molecule has 3 rings (SSSR count). The monoisotopic (exact) mass is 338 g/mol. The fraction of sp³-hybridized carbons (Fsp3) is 0.429. The van der Waals surface area contributed by atoms with Gasteiger partial charge in [0.05, 0.1) is 0 Å². The standard InChI is InChI=1S/C14H18N4O2S2/c1-11-4-3-5-13(10-11)17-6-8-18(9-7-17)22(19,20)14-16-15-12(2)21-14/h3-5,10H,6-9H2,1-2H3. The van der Waals surface area contributed by atoms with E-state index in [2.05, 4.69) is 40.2 Å². The maximum absolute atomic E-state index is 12.5. The van der Waals surface area contributed by atoms with E-state index in [4.69, 9.17) is 0 Å². The predicted octanol–water partition coefficient (Wildman–Crippen LogP) is 1.67. The molecule has 0 N–H and O–H groups in total. The van der Waals surface area contributed by atoms with Crippen molar-refractivity contribution in [2.75, 3.05) is 31.1 Å². The summed E-state index contributed by atoms with van der Waals surface area (Å²) in [6.07, 6.45) is 0. The van der Waals surface area contributed by atoms with Gasteiger partial charge in [0.15, 0.2) is 0 Å². The number of sulfonamides is 1. The summed E-state index contributed by atoms with van der Waals surface area (Å²) in [7, 11) is -3.50. The number of aryl methyl sites for hydroxylation is 2. The summed E-state index contributed by atoms with van der Waals surface area (Å²) in [5.74, 6) is 0. The number of hydrogen-bond donors (Lipinski definition) is 0. The van der Waals surface area contributed by atoms with Crippen LogP contribution in [0.5, 0.6) is 0 Å². The van der Waals surface area contributed by atoms with Crippen LogP contribution in [0.15, 0.2) is 28.6 Å². The molecule has 22 heavy (non-hydrogen) atoms. The number of nitrogens with zero attached hydrogens (tertiary/aromatic N) is 4. The van der Waals surface area contributed by atoms with E-state index in [1.54, 1.807) is 6.92 Å². The molecule has 1 saturated heterocycles. The largest absolute Gasteiger partial charge is 0.369 e. The second-order valence-corrected chi connectivity index (χ2v) is 8.61. The summed E-state index contributed by atoms with van der Waals surface area (Å²) in [4.78, 5) is 2.21. The van der Waals surface area contributed by atoms with Crippen LogP contribution in [0.25, 0.3) is 0 Å². The summed E-state index contributed by atoms with van der Waals surface area (Å²) in [6, 6.07) is 8.27. The Morgan fingerprint density at radius 2 is 1.82 bits per heavy atom. The second kappa shape index (κ2) is 5.94. The first-order valence-corrected chi connectivity index (χ1v) is 9.34. The van der Waals surface area contributed by atoms with Crippen LogP contribution in [0.4, 0.5) is 5.69 Å². The molecule has 0 atom stereocenters. The van der Waals surface area contributed by atoms with Crippen LogP contribution in [-0.2, 0) is 10.0 Å². The third kappa shape index (κ3) is 2.99. The van der Waals surface area contributed by atoms with E-state index < -0.39 is 10.0 Å². The van der Waals surface area contributed by atoms with Gasteiger partial charge in [-0.05, 0) is 31.5 Å². The lowest BCUT2D eigenvalue weighted by molar-refractivity contribution is 0.384. The molecule has 118 valence electrons. The van der Waals surface area contributed by atoms with Crippen molar-refractivity contribution < 1.29 is 8.42 Å². The molecule has 2 aromatic rings. The van der Waals surface area contributed by atoms with Gasteiger partial charge in [-0.25, -0.2) is 8.42 Å². The van der Waals surface area contributed by atoms with Crippen LogP contribution in [0.1, 0.15) is 10.6 Å². The van der Waals surface area contributed by atoms with Crippen molar-refractivity contribution >= 4 is 27.0 Å². The maximum atomic E-state index is 12.5. The molecule has 8 heteroatoms. The van der Waals surface area contributed by atoms with Crippen molar-refractivity contribution in [1.82, 2.24) is 14.5 Å². The van der Waals surface area contributed by atoms with Crippen molar-refractivity contribution in [3.63, 3.8) is 0 Å². The molecule has 1 fully saturated rings. The molecule has 0 radical (unpaired) electrons. The van der Waals surface area contributed by atoms with Crippen LogP contribution >= 0.6 is 11.3 Å². The van der Waals surface area contributed by atoms with Crippen LogP contribution in [0.3, 0.4) is 0 Å². The van der Waals surface area contributed by atoms with Gasteiger partial charge in [0.2, 0.25) is 4.34 Å². The van der Waals surface area contributed by atoms with Gasteiger partial charge in [-0.2, -0.15) is 4.31 Å². The van der Waals surface area contributed by atoms with E-state index in [0.717, 1.165) is 17.0 Å². The van der Waals surface area contributed by atoms with E-state index in [9.17, 15) is 8.42 Å². The molecule has 0 unspecified atom stereocenters. The average molecular weight is 338 g/mol. The van der Waals surface area contributed by atoms with Gasteiger partial charge < -0.3 is 4.90 Å². The predicted molar refractivity (Wildman–Crippen MR) is 86.8 cm³/mol. The number of aromatic nitrogens is 2. The first-order chi connectivity index (χ1) is 10.5. The van der Waals surface area contributed by atoms with E-state index in [-0.39, 0.29) is 4.34 Å². The van der Waals surface area contributed by atoms with Crippen molar-refractivity contribution in [3.8, 4) is 0 Å². The SMILES string of the molecule is Cc1cccc(N2CCN(S(=O)(=O)c3nnc(C)s3)CC2)c1. The van der Waals surface area contributed by atoms with Crippen molar-refractivity contribution in [3.05, 3.63) is 34.8 Å². The highest BCUT2D eigenvalue weighted by Crippen LogP contribution is 2.23. The zero-order valence-corrected chi connectivity index (χ0v) is 14.2. The van der Waals surface area contributed by atoms with E-state index >= 15 is 0 Å². The zero-order valence-electron chi connectivity index (χ0n) is 12.6. The van der Waals surface area contributed by atoms with Crippen LogP contribution < -0.4 is 4.90 Å². The highest BCUT2D eigenvalue weighted by molar-refractivity contribution is 7.91. The first-order valence-electron chi connectivity index (χ1n) is 7.09. The van der Waals surface area contributed by atoms with Gasteiger partial charge in [-0.15, -0.1) is 10.2 Å². The van der Waals surface area contributed by atoms with E-state index in [0.29, 0.717) is 31.2 Å². The minimum Gasteiger partial charge on any atom is -0.369 e. The Morgan fingerprint density at radius 3 is 2.41 bits per heavy atom. The molecular weight excluding hydrogens is 320 g/mol. The Labute approximate surface area is 134 Å². The van der Waals surface area contributed by atoms with Crippen molar-refractivity contribution in [2.45, 2.75) is 18.2 Å². The Kier molecular flexibility index (Phi) is 4.16.